The van der Waals surface area contributed by atoms with Crippen LogP contribution in [0, 0.1) is 33.5 Å². The molecular weight excluding hydrogens is 336 g/mol. The summed E-state index contributed by atoms with van der Waals surface area (Å²) in [6.45, 7) is 21.7. The van der Waals surface area contributed by atoms with Crippen LogP contribution in [0.25, 0.3) is 0 Å². The molecule has 4 fully saturated rings. The molecule has 4 aliphatic rings. The maximum Gasteiger partial charge on any atom is 0.129 e. The third-order valence-corrected chi connectivity index (χ3v) is 10.9. The maximum absolute atomic E-state index is 11.7. The monoisotopic (exact) mass is 374 g/mol. The molecule has 6 atom stereocenters. The van der Waals surface area contributed by atoms with Gasteiger partial charge >= 0.3 is 0 Å². The van der Waals surface area contributed by atoms with Gasteiger partial charge < -0.3 is 14.9 Å². The number of hydrogen-bond acceptors (Lipinski definition) is 3. The molecule has 0 heterocycles. The van der Waals surface area contributed by atoms with Crippen molar-refractivity contribution in [1.29, 1.82) is 0 Å². The molecule has 4 aliphatic carbocycles. The standard InChI is InChI=1S/C24H38O3/c1-15(23(25)13-17-9-11-21(23,7)19(17,3)4)27-16(2)24(26)14-18-10-12-22(24,8)20(18,5)6/h17-18,25-26H,1-2,9-14H2,3-8H3/t17-,18-,21-,22-,23+,24+/m1/s1. The van der Waals surface area contributed by atoms with Crippen molar-refractivity contribution in [3.63, 3.8) is 0 Å². The van der Waals surface area contributed by atoms with Crippen LogP contribution >= 0.6 is 0 Å². The van der Waals surface area contributed by atoms with E-state index in [2.05, 4.69) is 54.7 Å². The minimum Gasteiger partial charge on any atom is -0.461 e. The molecule has 4 bridgehead atoms. The molecule has 0 radical (unpaired) electrons. The van der Waals surface area contributed by atoms with Crippen molar-refractivity contribution in [2.24, 2.45) is 33.5 Å². The lowest BCUT2D eigenvalue weighted by Crippen LogP contribution is -2.51. The number of ether oxygens (including phenoxy) is 1. The Balaban J connectivity index is 1.59. The highest BCUT2D eigenvalue weighted by molar-refractivity contribution is 5.31. The summed E-state index contributed by atoms with van der Waals surface area (Å²) in [5, 5.41) is 23.3. The highest BCUT2D eigenvalue weighted by Gasteiger charge is 2.72. The summed E-state index contributed by atoms with van der Waals surface area (Å²) >= 11 is 0. The van der Waals surface area contributed by atoms with Crippen molar-refractivity contribution < 1.29 is 14.9 Å². The van der Waals surface area contributed by atoms with Crippen LogP contribution in [0.1, 0.15) is 80.1 Å². The largest absolute Gasteiger partial charge is 0.461 e. The topological polar surface area (TPSA) is 49.7 Å². The molecule has 0 amide bonds. The van der Waals surface area contributed by atoms with E-state index < -0.39 is 11.2 Å². The first-order valence-electron chi connectivity index (χ1n) is 10.7. The molecule has 4 saturated carbocycles. The first-order valence-corrected chi connectivity index (χ1v) is 10.7. The van der Waals surface area contributed by atoms with Gasteiger partial charge in [0.1, 0.15) is 22.7 Å². The fourth-order valence-electron chi connectivity index (χ4n) is 7.71. The average Bonchev–Trinajstić information content (AvgIpc) is 3.05. The fourth-order valence-corrected chi connectivity index (χ4v) is 7.71. The molecule has 4 rings (SSSR count). The first-order chi connectivity index (χ1) is 12.2. The van der Waals surface area contributed by atoms with Gasteiger partial charge in [0.2, 0.25) is 0 Å². The molecule has 0 aromatic carbocycles. The fraction of sp³-hybridized carbons (Fsp3) is 0.833. The van der Waals surface area contributed by atoms with Crippen molar-refractivity contribution in [3.8, 4) is 0 Å². The zero-order chi connectivity index (χ0) is 20.3. The molecule has 2 N–H and O–H groups in total. The van der Waals surface area contributed by atoms with E-state index in [1.807, 2.05) is 0 Å². The predicted octanol–water partition coefficient (Wildman–Crippen LogP) is 5.19. The molecule has 152 valence electrons. The van der Waals surface area contributed by atoms with Gasteiger partial charge in [-0.1, -0.05) is 54.7 Å². The molecule has 3 nitrogen and oxygen atoms in total. The Morgan fingerprint density at radius 1 is 0.741 bits per heavy atom. The highest BCUT2D eigenvalue weighted by atomic mass is 16.5. The number of rotatable bonds is 4. The van der Waals surface area contributed by atoms with Gasteiger partial charge in [-0.25, -0.2) is 0 Å². The lowest BCUT2D eigenvalue weighted by Gasteiger charge is -2.48. The second kappa shape index (κ2) is 5.02. The van der Waals surface area contributed by atoms with E-state index in [-0.39, 0.29) is 21.7 Å². The summed E-state index contributed by atoms with van der Waals surface area (Å²) in [5.41, 5.74) is -2.55. The van der Waals surface area contributed by atoms with Crippen LogP contribution in [0.15, 0.2) is 24.7 Å². The molecule has 0 aromatic heterocycles. The van der Waals surface area contributed by atoms with Crippen LogP contribution in [0.4, 0.5) is 0 Å². The molecule has 0 aliphatic heterocycles. The van der Waals surface area contributed by atoms with Crippen LogP contribution < -0.4 is 0 Å². The van der Waals surface area contributed by atoms with Gasteiger partial charge in [0.05, 0.1) is 0 Å². The first kappa shape index (κ1) is 19.5. The van der Waals surface area contributed by atoms with Gasteiger partial charge in [-0.3, -0.25) is 0 Å². The van der Waals surface area contributed by atoms with Crippen molar-refractivity contribution in [2.45, 2.75) is 91.3 Å². The highest BCUT2D eigenvalue weighted by Crippen LogP contribution is 2.73. The normalized spacial score (nSPS) is 51.6. The molecule has 3 heteroatoms. The average molecular weight is 375 g/mol. The zero-order valence-electron chi connectivity index (χ0n) is 18.1. The Labute approximate surface area is 164 Å². The summed E-state index contributed by atoms with van der Waals surface area (Å²) in [6, 6.07) is 0. The smallest absolute Gasteiger partial charge is 0.129 e. The number of hydrogen-bond donors (Lipinski definition) is 2. The van der Waals surface area contributed by atoms with Crippen LogP contribution in [0.2, 0.25) is 0 Å². The van der Waals surface area contributed by atoms with Crippen molar-refractivity contribution in [3.05, 3.63) is 24.7 Å². The lowest BCUT2D eigenvalue weighted by molar-refractivity contribution is -0.117. The number of aliphatic hydroxyl groups is 2. The summed E-state index contributed by atoms with van der Waals surface area (Å²) in [7, 11) is 0. The van der Waals surface area contributed by atoms with Crippen molar-refractivity contribution >= 4 is 0 Å². The summed E-state index contributed by atoms with van der Waals surface area (Å²) in [6.07, 6.45) is 5.63. The van der Waals surface area contributed by atoms with Gasteiger partial charge in [-0.2, -0.15) is 0 Å². The van der Waals surface area contributed by atoms with Gasteiger partial charge in [-0.05, 0) is 61.2 Å². The van der Waals surface area contributed by atoms with Crippen LogP contribution in [-0.4, -0.2) is 21.4 Å². The summed E-state index contributed by atoms with van der Waals surface area (Å²) in [5.74, 6) is 1.71. The van der Waals surface area contributed by atoms with E-state index in [0.29, 0.717) is 36.2 Å². The van der Waals surface area contributed by atoms with Crippen LogP contribution in [0.3, 0.4) is 0 Å². The lowest BCUT2D eigenvalue weighted by atomic mass is 9.63. The summed E-state index contributed by atoms with van der Waals surface area (Å²) < 4.78 is 6.16. The van der Waals surface area contributed by atoms with Gasteiger partial charge in [0.25, 0.3) is 0 Å². The Bertz CT molecular complexity index is 661. The number of fused-ring (bicyclic) bond motifs is 4. The predicted molar refractivity (Wildman–Crippen MR) is 108 cm³/mol. The molecular formula is C24H38O3. The van der Waals surface area contributed by atoms with E-state index in [9.17, 15) is 10.2 Å². The van der Waals surface area contributed by atoms with Crippen molar-refractivity contribution in [2.75, 3.05) is 0 Å². The minimum atomic E-state index is -1.06. The molecule has 0 spiro atoms. The van der Waals surface area contributed by atoms with Crippen LogP contribution in [-0.2, 0) is 4.74 Å². The van der Waals surface area contributed by atoms with Crippen molar-refractivity contribution in [1.82, 2.24) is 0 Å². The van der Waals surface area contributed by atoms with E-state index in [1.165, 1.54) is 0 Å². The molecule has 0 unspecified atom stereocenters. The SMILES string of the molecule is C=C(OC(=C)[C@@]1(O)C[C@H]2CC[C@]1(C)C2(C)C)[C@@]1(O)C[C@H]2CC[C@]1(C)C2(C)C. The molecule has 27 heavy (non-hydrogen) atoms. The minimum absolute atomic E-state index is 0.0483. The second-order valence-corrected chi connectivity index (χ2v) is 11.7. The Morgan fingerprint density at radius 3 is 1.30 bits per heavy atom. The van der Waals surface area contributed by atoms with Gasteiger partial charge in [0.15, 0.2) is 0 Å². The Morgan fingerprint density at radius 2 is 1.07 bits per heavy atom. The van der Waals surface area contributed by atoms with Gasteiger partial charge in [0, 0.05) is 10.8 Å². The van der Waals surface area contributed by atoms with E-state index in [1.54, 1.807) is 0 Å². The van der Waals surface area contributed by atoms with E-state index in [4.69, 9.17) is 4.74 Å². The summed E-state index contributed by atoms with van der Waals surface area (Å²) in [4.78, 5) is 0. The maximum atomic E-state index is 11.7. The zero-order valence-corrected chi connectivity index (χ0v) is 18.1. The third-order valence-electron chi connectivity index (χ3n) is 10.9. The Hall–Kier alpha value is -0.800. The van der Waals surface area contributed by atoms with E-state index >= 15 is 0 Å². The van der Waals surface area contributed by atoms with Gasteiger partial charge in [-0.15, -0.1) is 0 Å². The van der Waals surface area contributed by atoms with Crippen LogP contribution in [0.5, 0.6) is 0 Å². The molecule has 0 saturated heterocycles. The Kier molecular flexibility index (Phi) is 3.63. The third kappa shape index (κ3) is 1.87. The quantitative estimate of drug-likeness (QED) is 0.666. The van der Waals surface area contributed by atoms with E-state index in [0.717, 1.165) is 25.7 Å². The molecule has 0 aromatic rings. The second-order valence-electron chi connectivity index (χ2n) is 11.7.